The van der Waals surface area contributed by atoms with Gasteiger partial charge in [-0.05, 0) is 64.0 Å². The maximum absolute atomic E-state index is 13.0. The monoisotopic (exact) mass is 484 g/mol. The minimum Gasteiger partial charge on any atom is -0.488 e. The zero-order valence-electron chi connectivity index (χ0n) is 16.4. The molecule has 0 atom stereocenters. The third kappa shape index (κ3) is 4.72. The Kier molecular flexibility index (Phi) is 6.66. The topological polar surface area (TPSA) is 102 Å². The molecular weight excluding hydrogens is 468 g/mol. The summed E-state index contributed by atoms with van der Waals surface area (Å²) in [5.41, 5.74) is 0.782. The van der Waals surface area contributed by atoms with Crippen LogP contribution in [-0.4, -0.2) is 37.5 Å². The van der Waals surface area contributed by atoms with Crippen molar-refractivity contribution in [2.45, 2.75) is 0 Å². The Hall–Kier alpha value is -3.72. The molecule has 1 fully saturated rings. The van der Waals surface area contributed by atoms with Gasteiger partial charge in [-0.15, -0.1) is 0 Å². The fourth-order valence-electron chi connectivity index (χ4n) is 2.80. The van der Waals surface area contributed by atoms with Crippen LogP contribution in [0.2, 0.25) is 0 Å². The lowest BCUT2D eigenvalue weighted by Crippen LogP contribution is -2.54. The lowest BCUT2D eigenvalue weighted by Gasteiger charge is -2.26. The number of barbiturate groups is 1. The number of esters is 1. The van der Waals surface area contributed by atoms with Crippen LogP contribution < -0.4 is 15.0 Å². The van der Waals surface area contributed by atoms with Crippen LogP contribution >= 0.6 is 15.9 Å². The number of benzene rings is 2. The molecule has 0 bridgehead atoms. The highest BCUT2D eigenvalue weighted by molar-refractivity contribution is 9.10. The van der Waals surface area contributed by atoms with Crippen molar-refractivity contribution in [1.29, 1.82) is 0 Å². The number of imide groups is 2. The van der Waals surface area contributed by atoms with Crippen molar-refractivity contribution < 1.29 is 28.7 Å². The smallest absolute Gasteiger partial charge is 0.337 e. The standard InChI is InChI=1S/C22H17BrN2O6/c1-3-10-31-18-9-4-13(12-17(18)23)11-16-19(26)24-22(29)25(20(16)27)15-7-5-14(6-8-15)21(28)30-2/h3-9,11-12H,1,10H2,2H3,(H,24,26,29)/b16-11+. The average Bonchev–Trinajstić information content (AvgIpc) is 2.76. The van der Waals surface area contributed by atoms with Crippen molar-refractivity contribution >= 4 is 51.5 Å². The molecule has 4 amide bonds. The van der Waals surface area contributed by atoms with Crippen molar-refractivity contribution in [2.24, 2.45) is 0 Å². The second-order valence-corrected chi connectivity index (χ2v) is 7.14. The van der Waals surface area contributed by atoms with Gasteiger partial charge in [0.1, 0.15) is 17.9 Å². The van der Waals surface area contributed by atoms with Gasteiger partial charge in [0, 0.05) is 0 Å². The van der Waals surface area contributed by atoms with Crippen LogP contribution in [0.1, 0.15) is 15.9 Å². The minimum absolute atomic E-state index is 0.197. The van der Waals surface area contributed by atoms with Crippen LogP contribution in [0.4, 0.5) is 10.5 Å². The summed E-state index contributed by atoms with van der Waals surface area (Å²) in [7, 11) is 1.25. The van der Waals surface area contributed by atoms with Crippen LogP contribution in [0.25, 0.3) is 6.08 Å². The first kappa shape index (κ1) is 22.0. The summed E-state index contributed by atoms with van der Waals surface area (Å²) in [6.07, 6.45) is 2.98. The summed E-state index contributed by atoms with van der Waals surface area (Å²) < 4.78 is 10.7. The molecule has 1 N–H and O–H groups in total. The number of anilines is 1. The number of carbonyl (C=O) groups excluding carboxylic acids is 4. The average molecular weight is 485 g/mol. The minimum atomic E-state index is -0.882. The van der Waals surface area contributed by atoms with E-state index in [9.17, 15) is 19.2 Å². The van der Waals surface area contributed by atoms with Crippen LogP contribution in [0.15, 0.2) is 65.2 Å². The molecule has 0 spiro atoms. The first-order valence-corrected chi connectivity index (χ1v) is 9.78. The van der Waals surface area contributed by atoms with E-state index < -0.39 is 23.8 Å². The number of nitrogens with zero attached hydrogens (tertiary/aromatic N) is 1. The molecule has 1 aliphatic rings. The molecule has 0 radical (unpaired) electrons. The molecule has 0 aliphatic carbocycles. The van der Waals surface area contributed by atoms with Crippen LogP contribution in [0.5, 0.6) is 5.75 Å². The van der Waals surface area contributed by atoms with E-state index in [0.29, 0.717) is 22.4 Å². The van der Waals surface area contributed by atoms with Crippen molar-refractivity contribution in [1.82, 2.24) is 5.32 Å². The van der Waals surface area contributed by atoms with Gasteiger partial charge in [-0.2, -0.15) is 0 Å². The van der Waals surface area contributed by atoms with Crippen molar-refractivity contribution in [3.05, 3.63) is 76.3 Å². The number of nitrogens with one attached hydrogen (secondary N) is 1. The maximum atomic E-state index is 13.0. The second-order valence-electron chi connectivity index (χ2n) is 6.29. The highest BCUT2D eigenvalue weighted by Crippen LogP contribution is 2.28. The predicted octanol–water partition coefficient (Wildman–Crippen LogP) is 3.47. The van der Waals surface area contributed by atoms with Gasteiger partial charge >= 0.3 is 12.0 Å². The van der Waals surface area contributed by atoms with E-state index in [1.165, 1.54) is 37.5 Å². The van der Waals surface area contributed by atoms with E-state index in [2.05, 4.69) is 32.6 Å². The van der Waals surface area contributed by atoms with Gasteiger partial charge in [0.05, 0.1) is 22.8 Å². The van der Waals surface area contributed by atoms with Crippen LogP contribution in [0.3, 0.4) is 0 Å². The Morgan fingerprint density at radius 1 is 1.16 bits per heavy atom. The lowest BCUT2D eigenvalue weighted by molar-refractivity contribution is -0.122. The van der Waals surface area contributed by atoms with E-state index >= 15 is 0 Å². The fourth-order valence-corrected chi connectivity index (χ4v) is 3.31. The summed E-state index contributed by atoms with van der Waals surface area (Å²) >= 11 is 3.38. The van der Waals surface area contributed by atoms with E-state index in [4.69, 9.17) is 4.74 Å². The molecule has 2 aromatic carbocycles. The lowest BCUT2D eigenvalue weighted by atomic mass is 10.1. The largest absolute Gasteiger partial charge is 0.488 e. The van der Waals surface area contributed by atoms with Gasteiger partial charge in [-0.3, -0.25) is 14.9 Å². The number of urea groups is 1. The third-order valence-electron chi connectivity index (χ3n) is 4.27. The molecule has 8 nitrogen and oxygen atoms in total. The number of carbonyl (C=O) groups is 4. The van der Waals surface area contributed by atoms with Crippen LogP contribution in [0, 0.1) is 0 Å². The Balaban J connectivity index is 1.91. The molecule has 0 saturated carbocycles. The normalized spacial score (nSPS) is 15.0. The van der Waals surface area contributed by atoms with Gasteiger partial charge in [0.15, 0.2) is 0 Å². The highest BCUT2D eigenvalue weighted by Gasteiger charge is 2.36. The first-order valence-electron chi connectivity index (χ1n) is 8.98. The Bertz CT molecular complexity index is 1110. The summed E-state index contributed by atoms with van der Waals surface area (Å²) in [6.45, 7) is 3.91. The fraction of sp³-hybridized carbons (Fsp3) is 0.0909. The zero-order chi connectivity index (χ0) is 22.5. The van der Waals surface area contributed by atoms with Gasteiger partial charge in [-0.25, -0.2) is 14.5 Å². The van der Waals surface area contributed by atoms with E-state index in [0.717, 1.165) is 4.90 Å². The quantitative estimate of drug-likeness (QED) is 0.291. The molecule has 0 aromatic heterocycles. The molecule has 1 aliphatic heterocycles. The van der Waals surface area contributed by atoms with E-state index in [1.807, 2.05) is 0 Å². The summed E-state index contributed by atoms with van der Waals surface area (Å²) in [6, 6.07) is 9.81. The van der Waals surface area contributed by atoms with Gasteiger partial charge in [0.25, 0.3) is 11.8 Å². The van der Waals surface area contributed by atoms with Gasteiger partial charge < -0.3 is 9.47 Å². The second kappa shape index (κ2) is 9.40. The van der Waals surface area contributed by atoms with Crippen molar-refractivity contribution in [2.75, 3.05) is 18.6 Å². The number of amides is 4. The highest BCUT2D eigenvalue weighted by atomic mass is 79.9. The summed E-state index contributed by atoms with van der Waals surface area (Å²) in [5, 5.41) is 2.15. The number of hydrogen-bond donors (Lipinski definition) is 1. The Labute approximate surface area is 186 Å². The first-order chi connectivity index (χ1) is 14.8. The van der Waals surface area contributed by atoms with Gasteiger partial charge in [-0.1, -0.05) is 18.7 Å². The summed E-state index contributed by atoms with van der Waals surface area (Å²) in [5.74, 6) is -1.57. The Morgan fingerprint density at radius 2 is 1.87 bits per heavy atom. The zero-order valence-corrected chi connectivity index (χ0v) is 18.0. The molecule has 2 aromatic rings. The molecule has 0 unspecified atom stereocenters. The predicted molar refractivity (Wildman–Crippen MR) is 117 cm³/mol. The molecule has 9 heteroatoms. The summed E-state index contributed by atoms with van der Waals surface area (Å²) in [4.78, 5) is 50.0. The number of halogens is 1. The number of methoxy groups -OCH3 is 1. The van der Waals surface area contributed by atoms with E-state index in [-0.39, 0.29) is 16.8 Å². The molecule has 1 saturated heterocycles. The molecule has 1 heterocycles. The van der Waals surface area contributed by atoms with E-state index in [1.54, 1.807) is 24.3 Å². The van der Waals surface area contributed by atoms with Crippen molar-refractivity contribution in [3.63, 3.8) is 0 Å². The SMILES string of the molecule is C=CCOc1ccc(/C=C2\C(=O)NC(=O)N(c3ccc(C(=O)OC)cc3)C2=O)cc1Br. The molecule has 158 valence electrons. The molecular formula is C22H17BrN2O6. The number of ether oxygens (including phenoxy) is 2. The number of rotatable bonds is 6. The van der Waals surface area contributed by atoms with Crippen LogP contribution in [-0.2, 0) is 14.3 Å². The third-order valence-corrected chi connectivity index (χ3v) is 4.89. The van der Waals surface area contributed by atoms with Crippen molar-refractivity contribution in [3.8, 4) is 5.75 Å². The molecule has 3 rings (SSSR count). The maximum Gasteiger partial charge on any atom is 0.337 e. The number of hydrogen-bond acceptors (Lipinski definition) is 6. The Morgan fingerprint density at radius 3 is 2.48 bits per heavy atom. The van der Waals surface area contributed by atoms with Gasteiger partial charge in [0.2, 0.25) is 0 Å². The molecule has 31 heavy (non-hydrogen) atoms.